The number of rotatable bonds is 4. The van der Waals surface area contributed by atoms with Crippen molar-refractivity contribution >= 4 is 5.91 Å². The largest absolute Gasteiger partial charge is 0.486 e. The molecule has 104 valence electrons. The lowest BCUT2D eigenvalue weighted by Crippen LogP contribution is -2.31. The summed E-state index contributed by atoms with van der Waals surface area (Å²) in [7, 11) is 3.95. The topological polar surface area (TPSA) is 50.8 Å². The van der Waals surface area contributed by atoms with Gasteiger partial charge in [-0.05, 0) is 38.7 Å². The monoisotopic (exact) mass is 264 g/mol. The number of carbonyl (C=O) groups is 1. The first-order valence-electron chi connectivity index (χ1n) is 6.41. The smallest absolute Gasteiger partial charge is 0.251 e. The summed E-state index contributed by atoms with van der Waals surface area (Å²) in [5.41, 5.74) is 1.54. The fourth-order valence-corrected chi connectivity index (χ4v) is 1.92. The molecular formula is C14H20N2O3. The Bertz CT molecular complexity index is 472. The third-order valence-corrected chi connectivity index (χ3v) is 2.98. The lowest BCUT2D eigenvalue weighted by molar-refractivity contribution is 0.0949. The van der Waals surface area contributed by atoms with Gasteiger partial charge in [0.05, 0.1) is 0 Å². The van der Waals surface area contributed by atoms with Gasteiger partial charge in [0, 0.05) is 18.7 Å². The van der Waals surface area contributed by atoms with E-state index in [4.69, 9.17) is 9.47 Å². The number of nitrogens with one attached hydrogen (secondary N) is 1. The Labute approximate surface area is 113 Å². The third-order valence-electron chi connectivity index (χ3n) is 2.98. The average Bonchev–Trinajstić information content (AvgIpc) is 2.37. The summed E-state index contributed by atoms with van der Waals surface area (Å²) in [4.78, 5) is 14.1. The predicted octanol–water partition coefficient (Wildman–Crippen LogP) is 1.06. The van der Waals surface area contributed by atoms with Gasteiger partial charge >= 0.3 is 0 Å². The molecule has 1 aromatic rings. The van der Waals surface area contributed by atoms with Crippen LogP contribution in [0.25, 0.3) is 0 Å². The molecule has 1 N–H and O–H groups in total. The van der Waals surface area contributed by atoms with Gasteiger partial charge in [0.15, 0.2) is 11.5 Å². The van der Waals surface area contributed by atoms with Crippen molar-refractivity contribution < 1.29 is 14.3 Å². The molecule has 5 heteroatoms. The number of nitrogens with zero attached hydrogens (tertiary/aromatic N) is 1. The minimum Gasteiger partial charge on any atom is -0.486 e. The molecule has 5 nitrogen and oxygen atoms in total. The van der Waals surface area contributed by atoms with E-state index >= 15 is 0 Å². The Hall–Kier alpha value is -1.75. The van der Waals surface area contributed by atoms with E-state index in [2.05, 4.69) is 5.32 Å². The average molecular weight is 264 g/mol. The standard InChI is InChI=1S/C14H20N2O3/c1-10-8-12-13(19-7-6-18-12)9-11(10)14(17)15-4-5-16(2)3/h8-9H,4-7H2,1-3H3,(H,15,17). The number of hydrogen-bond donors (Lipinski definition) is 1. The molecule has 0 saturated carbocycles. The molecule has 1 amide bonds. The number of carbonyl (C=O) groups excluding carboxylic acids is 1. The maximum absolute atomic E-state index is 12.1. The van der Waals surface area contributed by atoms with Crippen LogP contribution in [0.5, 0.6) is 11.5 Å². The van der Waals surface area contributed by atoms with Gasteiger partial charge in [0.1, 0.15) is 13.2 Å². The van der Waals surface area contributed by atoms with Crippen LogP contribution in [0.15, 0.2) is 12.1 Å². The van der Waals surface area contributed by atoms with Crippen molar-refractivity contribution in [3.8, 4) is 11.5 Å². The molecule has 2 rings (SSSR count). The first-order chi connectivity index (χ1) is 9.08. The number of aryl methyl sites for hydroxylation is 1. The lowest BCUT2D eigenvalue weighted by atomic mass is 10.1. The summed E-state index contributed by atoms with van der Waals surface area (Å²) in [6.45, 7) is 4.42. The fourth-order valence-electron chi connectivity index (χ4n) is 1.92. The summed E-state index contributed by atoms with van der Waals surface area (Å²) in [5.74, 6) is 1.29. The van der Waals surface area contributed by atoms with Crippen LogP contribution >= 0.6 is 0 Å². The van der Waals surface area contributed by atoms with Gasteiger partial charge in [-0.2, -0.15) is 0 Å². The minimum absolute atomic E-state index is 0.0728. The van der Waals surface area contributed by atoms with Gasteiger partial charge in [-0.15, -0.1) is 0 Å². The number of hydrogen-bond acceptors (Lipinski definition) is 4. The summed E-state index contributed by atoms with van der Waals surface area (Å²) in [5, 5.41) is 2.90. The van der Waals surface area contributed by atoms with Crippen LogP contribution in [-0.4, -0.2) is 51.2 Å². The predicted molar refractivity (Wildman–Crippen MR) is 73.1 cm³/mol. The number of fused-ring (bicyclic) bond motifs is 1. The van der Waals surface area contributed by atoms with Gasteiger partial charge < -0.3 is 19.7 Å². The van der Waals surface area contributed by atoms with Gasteiger partial charge in [-0.1, -0.05) is 0 Å². The molecule has 1 aliphatic rings. The normalized spacial score (nSPS) is 13.5. The van der Waals surface area contributed by atoms with E-state index in [1.807, 2.05) is 32.0 Å². The van der Waals surface area contributed by atoms with E-state index in [9.17, 15) is 4.79 Å². The van der Waals surface area contributed by atoms with E-state index in [0.717, 1.165) is 12.1 Å². The van der Waals surface area contributed by atoms with E-state index < -0.39 is 0 Å². The summed E-state index contributed by atoms with van der Waals surface area (Å²) in [6.07, 6.45) is 0. The van der Waals surface area contributed by atoms with Crippen LogP contribution in [-0.2, 0) is 0 Å². The highest BCUT2D eigenvalue weighted by Gasteiger charge is 2.17. The van der Waals surface area contributed by atoms with Crippen LogP contribution in [0.3, 0.4) is 0 Å². The number of amides is 1. The van der Waals surface area contributed by atoms with Crippen molar-refractivity contribution in [2.45, 2.75) is 6.92 Å². The minimum atomic E-state index is -0.0728. The zero-order valence-corrected chi connectivity index (χ0v) is 11.7. The molecule has 1 aliphatic heterocycles. The second-order valence-corrected chi connectivity index (χ2v) is 4.87. The molecule has 0 saturated heterocycles. The van der Waals surface area contributed by atoms with Crippen molar-refractivity contribution in [1.82, 2.24) is 10.2 Å². The number of benzene rings is 1. The molecule has 0 aliphatic carbocycles. The highest BCUT2D eigenvalue weighted by Crippen LogP contribution is 2.32. The van der Waals surface area contributed by atoms with E-state index in [0.29, 0.717) is 36.8 Å². The van der Waals surface area contributed by atoms with Crippen LogP contribution in [0.2, 0.25) is 0 Å². The second-order valence-electron chi connectivity index (χ2n) is 4.87. The van der Waals surface area contributed by atoms with Crippen LogP contribution < -0.4 is 14.8 Å². The molecule has 0 radical (unpaired) electrons. The molecule has 0 atom stereocenters. The zero-order chi connectivity index (χ0) is 13.8. The Morgan fingerprint density at radius 2 is 1.89 bits per heavy atom. The molecule has 0 unspecified atom stereocenters. The van der Waals surface area contributed by atoms with Crippen molar-refractivity contribution in [2.75, 3.05) is 40.4 Å². The van der Waals surface area contributed by atoms with Crippen LogP contribution in [0, 0.1) is 6.92 Å². The van der Waals surface area contributed by atoms with Gasteiger partial charge in [0.25, 0.3) is 5.91 Å². The highest BCUT2D eigenvalue weighted by atomic mass is 16.6. The van der Waals surface area contributed by atoms with Crippen molar-refractivity contribution in [3.05, 3.63) is 23.3 Å². The molecule has 1 aromatic carbocycles. The maximum Gasteiger partial charge on any atom is 0.251 e. The van der Waals surface area contributed by atoms with E-state index in [1.54, 1.807) is 6.07 Å². The summed E-state index contributed by atoms with van der Waals surface area (Å²) in [6, 6.07) is 3.62. The van der Waals surface area contributed by atoms with Gasteiger partial charge in [-0.3, -0.25) is 4.79 Å². The van der Waals surface area contributed by atoms with Crippen molar-refractivity contribution in [3.63, 3.8) is 0 Å². The first-order valence-corrected chi connectivity index (χ1v) is 6.41. The molecule has 19 heavy (non-hydrogen) atoms. The Balaban J connectivity index is 2.09. The summed E-state index contributed by atoms with van der Waals surface area (Å²) < 4.78 is 11.0. The first kappa shape index (κ1) is 13.7. The molecule has 0 spiro atoms. The molecular weight excluding hydrogens is 244 g/mol. The third kappa shape index (κ3) is 3.38. The maximum atomic E-state index is 12.1. The fraction of sp³-hybridized carbons (Fsp3) is 0.500. The van der Waals surface area contributed by atoms with Crippen LogP contribution in [0.4, 0.5) is 0 Å². The SMILES string of the molecule is Cc1cc2c(cc1C(=O)NCCN(C)C)OCCO2. The van der Waals surface area contributed by atoms with Crippen LogP contribution in [0.1, 0.15) is 15.9 Å². The van der Waals surface area contributed by atoms with E-state index in [-0.39, 0.29) is 5.91 Å². The quantitative estimate of drug-likeness (QED) is 0.883. The Kier molecular flexibility index (Phi) is 4.27. The van der Waals surface area contributed by atoms with E-state index in [1.165, 1.54) is 0 Å². The van der Waals surface area contributed by atoms with Gasteiger partial charge in [0.2, 0.25) is 0 Å². The molecule has 1 heterocycles. The Morgan fingerprint density at radius 1 is 1.26 bits per heavy atom. The lowest BCUT2D eigenvalue weighted by Gasteiger charge is -2.20. The molecule has 0 bridgehead atoms. The zero-order valence-electron chi connectivity index (χ0n) is 11.7. The number of ether oxygens (including phenoxy) is 2. The van der Waals surface area contributed by atoms with Crippen molar-refractivity contribution in [2.24, 2.45) is 0 Å². The van der Waals surface area contributed by atoms with Gasteiger partial charge in [-0.25, -0.2) is 0 Å². The van der Waals surface area contributed by atoms with Crippen molar-refractivity contribution in [1.29, 1.82) is 0 Å². The number of likely N-dealkylation sites (N-methyl/N-ethyl adjacent to an activating group) is 1. The summed E-state index contributed by atoms with van der Waals surface area (Å²) >= 11 is 0. The Morgan fingerprint density at radius 3 is 2.53 bits per heavy atom. The molecule has 0 aromatic heterocycles. The molecule has 0 fully saturated rings. The highest BCUT2D eigenvalue weighted by molar-refractivity contribution is 5.96. The second kappa shape index (κ2) is 5.93.